The van der Waals surface area contributed by atoms with Gasteiger partial charge in [-0.25, -0.2) is 0 Å². The van der Waals surface area contributed by atoms with Crippen LogP contribution in [0.3, 0.4) is 0 Å². The van der Waals surface area contributed by atoms with Crippen LogP contribution >= 0.6 is 0 Å². The molecule has 9 nitrogen and oxygen atoms in total. The molecule has 2 saturated carbocycles. The minimum atomic E-state index is -1.48. The minimum Gasteiger partial charge on any atom is -0.462 e. The molecule has 0 unspecified atom stereocenters. The summed E-state index contributed by atoms with van der Waals surface area (Å²) in [6, 6.07) is 0. The average molecular weight is 489 g/mol. The summed E-state index contributed by atoms with van der Waals surface area (Å²) in [6.45, 7) is 13.0. The lowest BCUT2D eigenvalue weighted by molar-refractivity contribution is -0.220. The van der Waals surface area contributed by atoms with E-state index >= 15 is 0 Å². The van der Waals surface area contributed by atoms with Crippen molar-refractivity contribution in [2.24, 2.45) is 28.1 Å². The number of carbonyl (C=O) groups is 5. The molecular formula is C26H32O9. The van der Waals surface area contributed by atoms with Crippen molar-refractivity contribution in [1.82, 2.24) is 0 Å². The number of hydrogen-bond donors (Lipinski definition) is 0. The van der Waals surface area contributed by atoms with E-state index in [-0.39, 0.29) is 11.7 Å². The predicted molar refractivity (Wildman–Crippen MR) is 120 cm³/mol. The van der Waals surface area contributed by atoms with Crippen molar-refractivity contribution in [2.75, 3.05) is 0 Å². The van der Waals surface area contributed by atoms with Crippen molar-refractivity contribution >= 4 is 29.7 Å². The fourth-order valence-corrected chi connectivity index (χ4v) is 7.15. The molecule has 190 valence electrons. The smallest absolute Gasteiger partial charge is 0.317 e. The van der Waals surface area contributed by atoms with E-state index in [4.69, 9.17) is 18.9 Å². The predicted octanol–water partition coefficient (Wildman–Crippen LogP) is 2.46. The second-order valence-electron chi connectivity index (χ2n) is 10.9. The molecule has 0 aromatic rings. The molecule has 1 saturated heterocycles. The summed E-state index contributed by atoms with van der Waals surface area (Å²) in [5, 5.41) is 0. The van der Waals surface area contributed by atoms with E-state index in [1.807, 2.05) is 13.8 Å². The maximum atomic E-state index is 13.8. The number of esters is 4. The fraction of sp³-hybridized carbons (Fsp3) is 0.654. The standard InChI is InChI=1S/C26H32O9/c1-8-24(5)11-15-9-17(30)20-25(6,16(15)10-18(24)32-12(2)27)21(33-13(3)28)19-22(34-14(4)29)26(20,7)23(31)35-19/h8-9,16,18-22H,1,10-11H2,2-7H3/t16-,18+,19-,20+,21-,22-,24-,25+,26+/m1/s1. The highest BCUT2D eigenvalue weighted by Gasteiger charge is 2.78. The number of ether oxygens (including phenoxy) is 4. The summed E-state index contributed by atoms with van der Waals surface area (Å²) in [4.78, 5) is 63.2. The topological polar surface area (TPSA) is 122 Å². The van der Waals surface area contributed by atoms with Crippen molar-refractivity contribution in [3.63, 3.8) is 0 Å². The van der Waals surface area contributed by atoms with Crippen LogP contribution in [0.5, 0.6) is 0 Å². The second kappa shape index (κ2) is 8.03. The number of ketones is 1. The summed E-state index contributed by atoms with van der Waals surface area (Å²) < 4.78 is 22.7. The highest BCUT2D eigenvalue weighted by molar-refractivity contribution is 6.00. The van der Waals surface area contributed by atoms with E-state index in [0.29, 0.717) is 12.8 Å². The molecule has 35 heavy (non-hydrogen) atoms. The van der Waals surface area contributed by atoms with Gasteiger partial charge < -0.3 is 18.9 Å². The molecule has 1 heterocycles. The highest BCUT2D eigenvalue weighted by atomic mass is 16.6. The lowest BCUT2D eigenvalue weighted by Crippen LogP contribution is -2.69. The molecule has 4 rings (SSSR count). The molecule has 0 radical (unpaired) electrons. The van der Waals surface area contributed by atoms with Crippen LogP contribution in [0.2, 0.25) is 0 Å². The molecule has 0 spiro atoms. The van der Waals surface area contributed by atoms with Crippen LogP contribution in [0.25, 0.3) is 0 Å². The largest absolute Gasteiger partial charge is 0.462 e. The van der Waals surface area contributed by atoms with E-state index in [2.05, 4.69) is 6.58 Å². The normalized spacial score (nSPS) is 43.7. The Morgan fingerprint density at radius 2 is 1.57 bits per heavy atom. The molecule has 0 N–H and O–H groups in total. The average Bonchev–Trinajstić information content (AvgIpc) is 2.92. The third kappa shape index (κ3) is 3.45. The quantitative estimate of drug-likeness (QED) is 0.334. The molecule has 9 heteroatoms. The first-order valence-electron chi connectivity index (χ1n) is 11.8. The number of fused-ring (bicyclic) bond motifs is 6. The lowest BCUT2D eigenvalue weighted by Gasteiger charge is -2.60. The van der Waals surface area contributed by atoms with Gasteiger partial charge in [-0.15, -0.1) is 6.58 Å². The van der Waals surface area contributed by atoms with Gasteiger partial charge in [0.2, 0.25) is 0 Å². The van der Waals surface area contributed by atoms with Crippen LogP contribution in [-0.4, -0.2) is 54.1 Å². The molecule has 1 aliphatic heterocycles. The van der Waals surface area contributed by atoms with Crippen LogP contribution in [0.4, 0.5) is 0 Å². The Labute approximate surface area is 204 Å². The van der Waals surface area contributed by atoms with E-state index in [0.717, 1.165) is 5.57 Å². The first kappa shape index (κ1) is 25.1. The van der Waals surface area contributed by atoms with Crippen molar-refractivity contribution in [3.8, 4) is 0 Å². The molecule has 0 aromatic heterocycles. The Morgan fingerprint density at radius 3 is 2.11 bits per heavy atom. The summed E-state index contributed by atoms with van der Waals surface area (Å²) >= 11 is 0. The van der Waals surface area contributed by atoms with Crippen molar-refractivity contribution < 1.29 is 42.9 Å². The van der Waals surface area contributed by atoms with Gasteiger partial charge in [0.15, 0.2) is 18.0 Å². The van der Waals surface area contributed by atoms with Gasteiger partial charge in [-0.2, -0.15) is 0 Å². The number of hydrogen-bond acceptors (Lipinski definition) is 9. The molecule has 3 aliphatic carbocycles. The van der Waals surface area contributed by atoms with E-state index in [9.17, 15) is 24.0 Å². The van der Waals surface area contributed by atoms with E-state index in [1.54, 1.807) is 19.1 Å². The zero-order chi connectivity index (χ0) is 26.1. The van der Waals surface area contributed by atoms with Gasteiger partial charge >= 0.3 is 23.9 Å². The lowest BCUT2D eigenvalue weighted by atomic mass is 9.43. The zero-order valence-corrected chi connectivity index (χ0v) is 20.9. The SMILES string of the molecule is C=C[C@]1(C)CC2=CC(=O)[C@@H]3[C@]4(C)C(=O)O[C@@H]([C@H]4OC(C)=O)[C@@H](OC(C)=O)[C@@]3(C)[C@@H]2C[C@@H]1OC(C)=O. The van der Waals surface area contributed by atoms with Gasteiger partial charge in [0.05, 0.1) is 5.92 Å². The summed E-state index contributed by atoms with van der Waals surface area (Å²) in [5.41, 5.74) is -2.36. The minimum absolute atomic E-state index is 0.315. The van der Waals surface area contributed by atoms with Crippen molar-refractivity contribution in [1.29, 1.82) is 0 Å². The van der Waals surface area contributed by atoms with Crippen molar-refractivity contribution in [2.45, 2.75) is 78.8 Å². The van der Waals surface area contributed by atoms with Crippen LogP contribution < -0.4 is 0 Å². The molecule has 2 bridgehead atoms. The number of rotatable bonds is 4. The second-order valence-corrected chi connectivity index (χ2v) is 10.9. The first-order chi connectivity index (χ1) is 16.2. The fourth-order valence-electron chi connectivity index (χ4n) is 7.15. The van der Waals surface area contributed by atoms with Gasteiger partial charge in [0, 0.05) is 31.6 Å². The molecule has 4 aliphatic rings. The highest BCUT2D eigenvalue weighted by Crippen LogP contribution is 2.66. The van der Waals surface area contributed by atoms with Gasteiger partial charge in [0.1, 0.15) is 17.6 Å². The summed E-state index contributed by atoms with van der Waals surface area (Å²) in [5.74, 6) is -4.04. The van der Waals surface area contributed by atoms with Crippen LogP contribution in [-0.2, 0) is 42.9 Å². The maximum absolute atomic E-state index is 13.8. The third-order valence-corrected chi connectivity index (χ3v) is 8.65. The van der Waals surface area contributed by atoms with Crippen LogP contribution in [0.1, 0.15) is 54.4 Å². The Kier molecular flexibility index (Phi) is 5.77. The first-order valence-corrected chi connectivity index (χ1v) is 11.8. The molecule has 0 amide bonds. The van der Waals surface area contributed by atoms with Gasteiger partial charge in [-0.3, -0.25) is 24.0 Å². The molecular weight excluding hydrogens is 456 g/mol. The van der Waals surface area contributed by atoms with Gasteiger partial charge in [-0.1, -0.05) is 25.5 Å². The zero-order valence-electron chi connectivity index (χ0n) is 20.9. The number of carbonyl (C=O) groups excluding carboxylic acids is 5. The van der Waals surface area contributed by atoms with Crippen LogP contribution in [0.15, 0.2) is 24.3 Å². The van der Waals surface area contributed by atoms with E-state index in [1.165, 1.54) is 20.8 Å². The number of allylic oxidation sites excluding steroid dienone is 2. The summed E-state index contributed by atoms with van der Waals surface area (Å²) in [7, 11) is 0. The Hall–Kier alpha value is -2.97. The van der Waals surface area contributed by atoms with Gasteiger partial charge in [-0.05, 0) is 31.8 Å². The molecule has 0 aromatic carbocycles. The molecule has 9 atom stereocenters. The van der Waals surface area contributed by atoms with Gasteiger partial charge in [0.25, 0.3) is 0 Å². The summed E-state index contributed by atoms with van der Waals surface area (Å²) in [6.07, 6.45) is 0.248. The Bertz CT molecular complexity index is 1060. The van der Waals surface area contributed by atoms with Crippen molar-refractivity contribution in [3.05, 3.63) is 24.3 Å². The van der Waals surface area contributed by atoms with E-state index < -0.39 is 70.5 Å². The molecule has 3 fully saturated rings. The Morgan fingerprint density at radius 1 is 1.00 bits per heavy atom. The van der Waals surface area contributed by atoms with Crippen LogP contribution in [0, 0.1) is 28.1 Å². The Balaban J connectivity index is 1.91. The third-order valence-electron chi connectivity index (χ3n) is 8.65. The maximum Gasteiger partial charge on any atom is 0.317 e. The monoisotopic (exact) mass is 488 g/mol.